The number of amides is 1. The first-order valence-electron chi connectivity index (χ1n) is 10.8. The predicted octanol–water partition coefficient (Wildman–Crippen LogP) is 2.91. The van der Waals surface area contributed by atoms with Crippen LogP contribution in [0.4, 0.5) is 0 Å². The lowest BCUT2D eigenvalue weighted by atomic mass is 10.0. The number of benzene rings is 2. The van der Waals surface area contributed by atoms with E-state index in [9.17, 15) is 18.3 Å². The number of rotatable bonds is 5. The average Bonchev–Trinajstić information content (AvgIpc) is 2.75. The zero-order chi connectivity index (χ0) is 23.6. The van der Waals surface area contributed by atoms with E-state index < -0.39 is 22.2 Å². The first-order valence-corrected chi connectivity index (χ1v) is 12.2. The van der Waals surface area contributed by atoms with Gasteiger partial charge in [0.2, 0.25) is 15.9 Å². The van der Waals surface area contributed by atoms with Crippen molar-refractivity contribution in [3.63, 3.8) is 0 Å². The van der Waals surface area contributed by atoms with Gasteiger partial charge in [-0.15, -0.1) is 0 Å². The summed E-state index contributed by atoms with van der Waals surface area (Å²) in [5, 5.41) is 9.72. The molecular formula is C24H32N2O5S. The third-order valence-electron chi connectivity index (χ3n) is 6.04. The van der Waals surface area contributed by atoms with Gasteiger partial charge in [-0.25, -0.2) is 8.42 Å². The Morgan fingerprint density at radius 2 is 1.84 bits per heavy atom. The Balaban J connectivity index is 2.13. The number of aliphatic hydroxyl groups is 1. The van der Waals surface area contributed by atoms with Crippen molar-refractivity contribution in [3.8, 4) is 16.9 Å². The van der Waals surface area contributed by atoms with Gasteiger partial charge in [-0.1, -0.05) is 42.8 Å². The molecule has 0 aromatic heterocycles. The number of sulfonamides is 1. The largest absolute Gasteiger partial charge is 0.487 e. The minimum Gasteiger partial charge on any atom is -0.487 e. The average molecular weight is 461 g/mol. The fourth-order valence-electron chi connectivity index (χ4n) is 3.77. The summed E-state index contributed by atoms with van der Waals surface area (Å²) >= 11 is 0. The van der Waals surface area contributed by atoms with Crippen LogP contribution in [0.15, 0.2) is 47.4 Å². The summed E-state index contributed by atoms with van der Waals surface area (Å²) < 4.78 is 34.7. The van der Waals surface area contributed by atoms with Crippen LogP contribution >= 0.6 is 0 Å². The number of hydrogen-bond acceptors (Lipinski definition) is 5. The van der Waals surface area contributed by atoms with Crippen LogP contribution in [0.1, 0.15) is 26.3 Å². The van der Waals surface area contributed by atoms with E-state index in [1.54, 1.807) is 37.1 Å². The molecule has 7 nitrogen and oxygen atoms in total. The molecular weight excluding hydrogens is 428 g/mol. The van der Waals surface area contributed by atoms with Gasteiger partial charge in [0.1, 0.15) is 16.7 Å². The molecule has 0 saturated heterocycles. The van der Waals surface area contributed by atoms with E-state index in [4.69, 9.17) is 4.74 Å². The minimum absolute atomic E-state index is 0.0658. The third-order valence-corrected chi connectivity index (χ3v) is 8.06. The molecule has 0 saturated carbocycles. The van der Waals surface area contributed by atoms with Crippen molar-refractivity contribution in [1.29, 1.82) is 0 Å². The van der Waals surface area contributed by atoms with Gasteiger partial charge < -0.3 is 14.7 Å². The van der Waals surface area contributed by atoms with Gasteiger partial charge in [-0.2, -0.15) is 4.31 Å². The SMILES string of the molecule is CC(=O)N(C)C[C@@H]1Oc2cc(-c3ccc(C)cc3)ccc2S(=O)(=O)N([C@H](C)CO)C[C@@H]1C. The standard InChI is InChI=1S/C24H32N2O5S/c1-16-6-8-20(9-7-16)21-10-11-24-22(12-21)31-23(14-25(5)19(4)28)17(2)13-26(18(3)15-27)32(24,29)30/h6-12,17-18,23,27H,13-15H2,1-5H3/t17-,18+,23-/m0/s1. The van der Waals surface area contributed by atoms with Crippen LogP contribution in [-0.2, 0) is 14.8 Å². The number of carbonyl (C=O) groups is 1. The quantitative estimate of drug-likeness (QED) is 0.741. The number of ether oxygens (including phenoxy) is 1. The Hall–Kier alpha value is -2.42. The maximum Gasteiger partial charge on any atom is 0.247 e. The highest BCUT2D eigenvalue weighted by molar-refractivity contribution is 7.89. The molecule has 1 heterocycles. The molecule has 2 aromatic carbocycles. The molecule has 0 radical (unpaired) electrons. The number of aryl methyl sites for hydroxylation is 1. The van der Waals surface area contributed by atoms with Gasteiger partial charge in [0.05, 0.1) is 13.2 Å². The molecule has 174 valence electrons. The second-order valence-electron chi connectivity index (χ2n) is 8.67. The summed E-state index contributed by atoms with van der Waals surface area (Å²) in [6.45, 7) is 7.30. The van der Waals surface area contributed by atoms with Crippen molar-refractivity contribution < 1.29 is 23.1 Å². The first-order chi connectivity index (χ1) is 15.0. The van der Waals surface area contributed by atoms with Crippen LogP contribution < -0.4 is 4.74 Å². The molecule has 1 aliphatic heterocycles. The topological polar surface area (TPSA) is 87.2 Å². The highest BCUT2D eigenvalue weighted by atomic mass is 32.2. The Bertz CT molecular complexity index is 1070. The fourth-order valence-corrected chi connectivity index (χ4v) is 5.59. The highest BCUT2D eigenvalue weighted by Gasteiger charge is 2.38. The van der Waals surface area contributed by atoms with Gasteiger partial charge in [-0.3, -0.25) is 4.79 Å². The van der Waals surface area contributed by atoms with Crippen LogP contribution in [-0.4, -0.2) is 67.5 Å². The number of carbonyl (C=O) groups excluding carboxylic acids is 1. The molecule has 8 heteroatoms. The number of likely N-dealkylation sites (N-methyl/N-ethyl adjacent to an activating group) is 1. The van der Waals surface area contributed by atoms with Crippen molar-refractivity contribution in [2.45, 2.75) is 44.7 Å². The summed E-state index contributed by atoms with van der Waals surface area (Å²) in [4.78, 5) is 13.5. The Morgan fingerprint density at radius 1 is 1.22 bits per heavy atom. The second-order valence-corrected chi connectivity index (χ2v) is 10.5. The van der Waals surface area contributed by atoms with Gasteiger partial charge >= 0.3 is 0 Å². The van der Waals surface area contributed by atoms with Gasteiger partial charge in [-0.05, 0) is 37.1 Å². The van der Waals surface area contributed by atoms with E-state index in [1.807, 2.05) is 38.1 Å². The number of hydrogen-bond donors (Lipinski definition) is 1. The summed E-state index contributed by atoms with van der Waals surface area (Å²) in [6.07, 6.45) is -0.417. The van der Waals surface area contributed by atoms with E-state index in [2.05, 4.69) is 0 Å². The van der Waals surface area contributed by atoms with E-state index in [1.165, 1.54) is 11.2 Å². The number of nitrogens with zero attached hydrogens (tertiary/aromatic N) is 2. The van der Waals surface area contributed by atoms with E-state index >= 15 is 0 Å². The summed E-state index contributed by atoms with van der Waals surface area (Å²) in [5.74, 6) is -0.0480. The van der Waals surface area contributed by atoms with E-state index in [0.717, 1.165) is 16.7 Å². The fraction of sp³-hybridized carbons (Fsp3) is 0.458. The molecule has 1 amide bonds. The lowest BCUT2D eigenvalue weighted by Gasteiger charge is -2.37. The predicted molar refractivity (Wildman–Crippen MR) is 124 cm³/mol. The zero-order valence-electron chi connectivity index (χ0n) is 19.3. The smallest absolute Gasteiger partial charge is 0.247 e. The zero-order valence-corrected chi connectivity index (χ0v) is 20.1. The van der Waals surface area contributed by atoms with Gasteiger partial charge in [0, 0.05) is 32.5 Å². The Kier molecular flexibility index (Phi) is 7.27. The van der Waals surface area contributed by atoms with Crippen molar-refractivity contribution in [2.24, 2.45) is 5.92 Å². The molecule has 0 spiro atoms. The van der Waals surface area contributed by atoms with Crippen LogP contribution in [0, 0.1) is 12.8 Å². The third kappa shape index (κ3) is 4.98. The minimum atomic E-state index is -3.89. The number of aliphatic hydroxyl groups excluding tert-OH is 1. The van der Waals surface area contributed by atoms with Crippen molar-refractivity contribution >= 4 is 15.9 Å². The van der Waals surface area contributed by atoms with E-state index in [0.29, 0.717) is 6.54 Å². The molecule has 1 N–H and O–H groups in total. The molecule has 3 rings (SSSR count). The molecule has 1 aliphatic rings. The molecule has 3 atom stereocenters. The van der Waals surface area contributed by atoms with Crippen LogP contribution in [0.5, 0.6) is 5.75 Å². The lowest BCUT2D eigenvalue weighted by Crippen LogP contribution is -2.50. The molecule has 2 aromatic rings. The van der Waals surface area contributed by atoms with Crippen LogP contribution in [0.2, 0.25) is 0 Å². The normalized spacial score (nSPS) is 21.6. The summed E-state index contributed by atoms with van der Waals surface area (Å²) in [6, 6.07) is 12.5. The molecule has 0 unspecified atom stereocenters. The van der Waals surface area contributed by atoms with Gasteiger partial charge in [0.15, 0.2) is 0 Å². The van der Waals surface area contributed by atoms with Crippen LogP contribution in [0.25, 0.3) is 11.1 Å². The molecule has 32 heavy (non-hydrogen) atoms. The first kappa shape index (κ1) is 24.2. The lowest BCUT2D eigenvalue weighted by molar-refractivity contribution is -0.129. The van der Waals surface area contributed by atoms with Crippen molar-refractivity contribution in [2.75, 3.05) is 26.7 Å². The van der Waals surface area contributed by atoms with E-state index in [-0.39, 0.29) is 35.6 Å². The molecule has 0 aliphatic carbocycles. The Morgan fingerprint density at radius 3 is 2.44 bits per heavy atom. The summed E-state index contributed by atoms with van der Waals surface area (Å²) in [7, 11) is -2.19. The van der Waals surface area contributed by atoms with Gasteiger partial charge in [0.25, 0.3) is 0 Å². The maximum atomic E-state index is 13.5. The monoisotopic (exact) mass is 460 g/mol. The number of fused-ring (bicyclic) bond motifs is 1. The highest BCUT2D eigenvalue weighted by Crippen LogP contribution is 2.36. The molecule has 0 fully saturated rings. The van der Waals surface area contributed by atoms with Crippen LogP contribution in [0.3, 0.4) is 0 Å². The second kappa shape index (κ2) is 9.60. The molecule has 0 bridgehead atoms. The van der Waals surface area contributed by atoms with Crippen molar-refractivity contribution in [1.82, 2.24) is 9.21 Å². The summed E-state index contributed by atoms with van der Waals surface area (Å²) in [5.41, 5.74) is 2.92. The van der Waals surface area contributed by atoms with Crippen molar-refractivity contribution in [3.05, 3.63) is 48.0 Å². The Labute approximate surface area is 190 Å². The maximum absolute atomic E-state index is 13.5.